The number of ether oxygens (including phenoxy) is 1. The molecule has 1 atom stereocenters. The lowest BCUT2D eigenvalue weighted by molar-refractivity contribution is -0.138. The maximum absolute atomic E-state index is 13.3. The molecule has 2 aromatic rings. The van der Waals surface area contributed by atoms with Crippen LogP contribution < -0.4 is 4.74 Å². The zero-order chi connectivity index (χ0) is 18.5. The topological polar surface area (TPSA) is 62.7 Å². The zero-order valence-electron chi connectivity index (χ0n) is 15.1. The first-order valence-electron chi connectivity index (χ1n) is 8.69. The summed E-state index contributed by atoms with van der Waals surface area (Å²) in [5, 5.41) is 0. The van der Waals surface area contributed by atoms with Crippen molar-refractivity contribution in [2.24, 2.45) is 0 Å². The molecule has 1 aliphatic rings. The van der Waals surface area contributed by atoms with Gasteiger partial charge in [-0.3, -0.25) is 14.6 Å². The molecule has 1 fully saturated rings. The molecule has 0 spiro atoms. The van der Waals surface area contributed by atoms with E-state index in [1.54, 1.807) is 25.1 Å². The van der Waals surface area contributed by atoms with Crippen LogP contribution in [0, 0.1) is 0 Å². The van der Waals surface area contributed by atoms with E-state index in [0.29, 0.717) is 26.2 Å². The first-order chi connectivity index (χ1) is 12.6. The first-order valence-corrected chi connectivity index (χ1v) is 8.69. The second-order valence-electron chi connectivity index (χ2n) is 6.29. The van der Waals surface area contributed by atoms with Crippen molar-refractivity contribution in [2.45, 2.75) is 12.8 Å². The van der Waals surface area contributed by atoms with Crippen molar-refractivity contribution in [3.8, 4) is 5.75 Å². The van der Waals surface area contributed by atoms with Crippen LogP contribution in [0.1, 0.15) is 24.1 Å². The highest BCUT2D eigenvalue weighted by molar-refractivity contribution is 5.87. The highest BCUT2D eigenvalue weighted by atomic mass is 16.5. The van der Waals surface area contributed by atoms with Crippen LogP contribution in [0.4, 0.5) is 0 Å². The fourth-order valence-corrected chi connectivity index (χ4v) is 3.21. The third-order valence-corrected chi connectivity index (χ3v) is 4.72. The van der Waals surface area contributed by atoms with E-state index in [4.69, 9.17) is 4.74 Å². The molecule has 0 bridgehead atoms. The lowest BCUT2D eigenvalue weighted by Gasteiger charge is -2.36. The number of piperazine rings is 1. The van der Waals surface area contributed by atoms with Gasteiger partial charge < -0.3 is 14.5 Å². The summed E-state index contributed by atoms with van der Waals surface area (Å²) in [6, 6.07) is 13.1. The number of pyridine rings is 1. The summed E-state index contributed by atoms with van der Waals surface area (Å²) in [5.74, 6) is 0.340. The third kappa shape index (κ3) is 3.85. The van der Waals surface area contributed by atoms with Crippen molar-refractivity contribution in [3.05, 3.63) is 59.9 Å². The molecule has 6 nitrogen and oxygen atoms in total. The van der Waals surface area contributed by atoms with Gasteiger partial charge in [-0.15, -0.1) is 0 Å². The number of hydrogen-bond acceptors (Lipinski definition) is 4. The van der Waals surface area contributed by atoms with Gasteiger partial charge >= 0.3 is 0 Å². The van der Waals surface area contributed by atoms with Gasteiger partial charge in [0.25, 0.3) is 0 Å². The lowest BCUT2D eigenvalue weighted by Crippen LogP contribution is -2.51. The average molecular weight is 353 g/mol. The minimum Gasteiger partial charge on any atom is -0.497 e. The van der Waals surface area contributed by atoms with Crippen molar-refractivity contribution in [1.29, 1.82) is 0 Å². The number of hydrogen-bond donors (Lipinski definition) is 0. The van der Waals surface area contributed by atoms with Crippen molar-refractivity contribution < 1.29 is 14.3 Å². The van der Waals surface area contributed by atoms with E-state index in [0.717, 1.165) is 17.0 Å². The third-order valence-electron chi connectivity index (χ3n) is 4.72. The first kappa shape index (κ1) is 17.9. The molecule has 0 saturated carbocycles. The lowest BCUT2D eigenvalue weighted by atomic mass is 9.93. The van der Waals surface area contributed by atoms with Crippen molar-refractivity contribution in [3.63, 3.8) is 0 Å². The summed E-state index contributed by atoms with van der Waals surface area (Å²) in [6.45, 7) is 3.78. The maximum Gasteiger partial charge on any atom is 0.236 e. The highest BCUT2D eigenvalue weighted by Gasteiger charge is 2.31. The largest absolute Gasteiger partial charge is 0.497 e. The molecule has 136 valence electrons. The predicted molar refractivity (Wildman–Crippen MR) is 97.9 cm³/mol. The Labute approximate surface area is 153 Å². The molecule has 1 aromatic heterocycles. The van der Waals surface area contributed by atoms with Gasteiger partial charge in [0.1, 0.15) is 11.7 Å². The van der Waals surface area contributed by atoms with Crippen LogP contribution >= 0.6 is 0 Å². The van der Waals surface area contributed by atoms with Crippen LogP contribution in [0.3, 0.4) is 0 Å². The number of rotatable bonds is 4. The molecule has 0 N–H and O–H groups in total. The van der Waals surface area contributed by atoms with Gasteiger partial charge in [0.2, 0.25) is 11.8 Å². The number of aromatic nitrogens is 1. The molecule has 2 heterocycles. The summed E-state index contributed by atoms with van der Waals surface area (Å²) in [4.78, 5) is 32.8. The Morgan fingerprint density at radius 3 is 2.19 bits per heavy atom. The molecule has 26 heavy (non-hydrogen) atoms. The van der Waals surface area contributed by atoms with E-state index in [9.17, 15) is 9.59 Å². The van der Waals surface area contributed by atoms with Gasteiger partial charge in [-0.2, -0.15) is 0 Å². The van der Waals surface area contributed by atoms with Gasteiger partial charge in [0, 0.05) is 39.3 Å². The second-order valence-corrected chi connectivity index (χ2v) is 6.29. The maximum atomic E-state index is 13.3. The summed E-state index contributed by atoms with van der Waals surface area (Å²) < 4.78 is 5.22. The number of carbonyl (C=O) groups excluding carboxylic acids is 2. The van der Waals surface area contributed by atoms with Gasteiger partial charge in [-0.25, -0.2) is 0 Å². The van der Waals surface area contributed by atoms with Gasteiger partial charge in [0.15, 0.2) is 0 Å². The van der Waals surface area contributed by atoms with Gasteiger partial charge in [0.05, 0.1) is 12.8 Å². The molecule has 6 heteroatoms. The van der Waals surface area contributed by atoms with Gasteiger partial charge in [-0.1, -0.05) is 18.2 Å². The normalized spacial score (nSPS) is 15.5. The Morgan fingerprint density at radius 1 is 1.00 bits per heavy atom. The Kier molecular flexibility index (Phi) is 5.51. The smallest absolute Gasteiger partial charge is 0.236 e. The zero-order valence-corrected chi connectivity index (χ0v) is 15.1. The van der Waals surface area contributed by atoms with E-state index in [1.165, 1.54) is 0 Å². The Bertz CT molecular complexity index is 754. The van der Waals surface area contributed by atoms with Crippen molar-refractivity contribution in [1.82, 2.24) is 14.8 Å². The van der Waals surface area contributed by atoms with E-state index >= 15 is 0 Å². The second kappa shape index (κ2) is 7.99. The summed E-state index contributed by atoms with van der Waals surface area (Å²) >= 11 is 0. The molecule has 0 radical (unpaired) electrons. The summed E-state index contributed by atoms with van der Waals surface area (Å²) in [6.07, 6.45) is 1.70. The van der Waals surface area contributed by atoms with Crippen LogP contribution in [-0.4, -0.2) is 59.9 Å². The summed E-state index contributed by atoms with van der Waals surface area (Å²) in [5.41, 5.74) is 1.60. The molecule has 1 saturated heterocycles. The van der Waals surface area contributed by atoms with Crippen molar-refractivity contribution in [2.75, 3.05) is 33.3 Å². The van der Waals surface area contributed by atoms with E-state index in [2.05, 4.69) is 4.98 Å². The molecule has 2 amide bonds. The predicted octanol–water partition coefficient (Wildman–Crippen LogP) is 1.91. The van der Waals surface area contributed by atoms with E-state index < -0.39 is 5.92 Å². The minimum atomic E-state index is -0.467. The molecule has 1 aliphatic heterocycles. The van der Waals surface area contributed by atoms with Crippen LogP contribution in [0.5, 0.6) is 5.75 Å². The number of benzene rings is 1. The van der Waals surface area contributed by atoms with E-state index in [1.807, 2.05) is 47.4 Å². The highest BCUT2D eigenvalue weighted by Crippen LogP contribution is 2.27. The molecule has 1 aromatic carbocycles. The van der Waals surface area contributed by atoms with Crippen LogP contribution in [-0.2, 0) is 9.59 Å². The van der Waals surface area contributed by atoms with Gasteiger partial charge in [-0.05, 0) is 29.8 Å². The molecular weight excluding hydrogens is 330 g/mol. The Balaban J connectivity index is 1.86. The van der Waals surface area contributed by atoms with Crippen molar-refractivity contribution >= 4 is 11.8 Å². The fourth-order valence-electron chi connectivity index (χ4n) is 3.21. The average Bonchev–Trinajstić information content (AvgIpc) is 2.69. The SMILES string of the molecule is COc1ccc(C(C(=O)N2CCN(C(C)=O)CC2)c2ccccn2)cc1. The molecular formula is C20H23N3O3. The number of nitrogens with zero attached hydrogens (tertiary/aromatic N) is 3. The number of carbonyl (C=O) groups is 2. The number of amides is 2. The van der Waals surface area contributed by atoms with Crippen LogP contribution in [0.15, 0.2) is 48.7 Å². The summed E-state index contributed by atoms with van der Waals surface area (Å²) in [7, 11) is 1.62. The van der Waals surface area contributed by atoms with Crippen LogP contribution in [0.2, 0.25) is 0 Å². The van der Waals surface area contributed by atoms with Crippen LogP contribution in [0.25, 0.3) is 0 Å². The number of methoxy groups -OCH3 is 1. The monoisotopic (exact) mass is 353 g/mol. The molecule has 0 aliphatic carbocycles. The Hall–Kier alpha value is -2.89. The van der Waals surface area contributed by atoms with E-state index in [-0.39, 0.29) is 11.8 Å². The Morgan fingerprint density at radius 2 is 1.65 bits per heavy atom. The molecule has 3 rings (SSSR count). The molecule has 1 unspecified atom stereocenters. The fraction of sp³-hybridized carbons (Fsp3) is 0.350. The standard InChI is InChI=1S/C20H23N3O3/c1-15(24)22-11-13-23(14-12-22)20(25)19(18-5-3-4-10-21-18)16-6-8-17(26-2)9-7-16/h3-10,19H,11-14H2,1-2H3. The quantitative estimate of drug-likeness (QED) is 0.842. The minimum absolute atomic E-state index is 0.0112.